The predicted octanol–water partition coefficient (Wildman–Crippen LogP) is 4.61. The molecule has 34 heavy (non-hydrogen) atoms. The number of anilines is 3. The van der Waals surface area contributed by atoms with Crippen LogP contribution in [-0.2, 0) is 16.0 Å². The van der Waals surface area contributed by atoms with Crippen molar-refractivity contribution in [1.29, 1.82) is 5.41 Å². The van der Waals surface area contributed by atoms with Crippen LogP contribution in [0.4, 0.5) is 17.1 Å². The van der Waals surface area contributed by atoms with Crippen LogP contribution in [0.15, 0.2) is 95.9 Å². The standard InChI is InChI=1S/C26H23N5O3/c27-25(19-7-3-1-4-8-19)21(16-28-20-9-5-2-6-10-20)26-30(24(32)17-34-26)14-13-18-11-12-22-23(15-18)31(22)29-33/h1-12,15-16,26-28H,13-14,17H2/b21-16+,27-25?. The van der Waals surface area contributed by atoms with E-state index in [0.29, 0.717) is 18.5 Å². The quantitative estimate of drug-likeness (QED) is 0.280. The lowest BCUT2D eigenvalue weighted by Crippen LogP contribution is -2.39. The second kappa shape index (κ2) is 9.29. The van der Waals surface area contributed by atoms with Crippen LogP contribution in [0.3, 0.4) is 0 Å². The fourth-order valence-electron chi connectivity index (χ4n) is 4.06. The van der Waals surface area contributed by atoms with Gasteiger partial charge in [-0.25, -0.2) is 0 Å². The highest BCUT2D eigenvalue weighted by Gasteiger charge is 2.36. The maximum Gasteiger partial charge on any atom is 0.250 e. The second-order valence-electron chi connectivity index (χ2n) is 8.07. The third-order valence-electron chi connectivity index (χ3n) is 5.92. The molecule has 0 aromatic heterocycles. The van der Waals surface area contributed by atoms with E-state index in [2.05, 4.69) is 10.6 Å². The van der Waals surface area contributed by atoms with E-state index < -0.39 is 6.23 Å². The third-order valence-corrected chi connectivity index (χ3v) is 5.92. The average molecular weight is 454 g/mol. The molecule has 8 nitrogen and oxygen atoms in total. The van der Waals surface area contributed by atoms with Gasteiger partial charge in [0, 0.05) is 24.0 Å². The number of carbonyl (C=O) groups is 1. The molecule has 3 aromatic rings. The van der Waals surface area contributed by atoms with E-state index in [4.69, 9.17) is 10.1 Å². The fourth-order valence-corrected chi connectivity index (χ4v) is 4.06. The molecular weight excluding hydrogens is 430 g/mol. The highest BCUT2D eigenvalue weighted by Crippen LogP contribution is 2.48. The summed E-state index contributed by atoms with van der Waals surface area (Å²) in [5, 5.41) is 16.4. The lowest BCUT2D eigenvalue weighted by molar-refractivity contribution is -0.127. The van der Waals surface area contributed by atoms with Gasteiger partial charge in [-0.1, -0.05) is 54.6 Å². The molecule has 1 atom stereocenters. The fraction of sp³-hybridized carbons (Fsp3) is 0.154. The van der Waals surface area contributed by atoms with Gasteiger partial charge in [-0.05, 0) is 41.8 Å². The Balaban J connectivity index is 1.38. The number of hydrogen-bond donors (Lipinski definition) is 2. The Labute approximate surface area is 196 Å². The molecule has 2 aliphatic rings. The smallest absolute Gasteiger partial charge is 0.250 e. The minimum Gasteiger partial charge on any atom is -0.361 e. The summed E-state index contributed by atoms with van der Waals surface area (Å²) in [6, 6.07) is 24.7. The zero-order chi connectivity index (χ0) is 23.5. The summed E-state index contributed by atoms with van der Waals surface area (Å²) in [6.07, 6.45) is 1.65. The summed E-state index contributed by atoms with van der Waals surface area (Å²) in [4.78, 5) is 25.2. The number of rotatable bonds is 9. The molecule has 5 rings (SSSR count). The number of nitroso groups, excluding NO2 is 1. The van der Waals surface area contributed by atoms with Crippen molar-refractivity contribution in [3.63, 3.8) is 0 Å². The van der Waals surface area contributed by atoms with Gasteiger partial charge < -0.3 is 15.0 Å². The molecule has 0 bridgehead atoms. The van der Waals surface area contributed by atoms with E-state index in [1.54, 1.807) is 11.1 Å². The van der Waals surface area contributed by atoms with Crippen molar-refractivity contribution < 1.29 is 9.53 Å². The minimum absolute atomic E-state index is 0.0392. The van der Waals surface area contributed by atoms with E-state index in [0.717, 1.165) is 28.2 Å². The summed E-state index contributed by atoms with van der Waals surface area (Å²) in [6.45, 7) is 0.379. The van der Waals surface area contributed by atoms with Crippen molar-refractivity contribution in [3.05, 3.63) is 107 Å². The molecule has 3 aromatic carbocycles. The summed E-state index contributed by atoms with van der Waals surface area (Å²) in [5.41, 5.74) is 5.06. The molecule has 0 aliphatic carbocycles. The third kappa shape index (κ3) is 4.31. The Kier molecular flexibility index (Phi) is 5.88. The summed E-state index contributed by atoms with van der Waals surface area (Å²) < 4.78 is 5.89. The van der Waals surface area contributed by atoms with Gasteiger partial charge in [0.25, 0.3) is 5.91 Å². The zero-order valence-corrected chi connectivity index (χ0v) is 18.3. The molecule has 1 unspecified atom stereocenters. The topological polar surface area (TPSA) is 97.9 Å². The highest BCUT2D eigenvalue weighted by molar-refractivity contribution is 6.11. The van der Waals surface area contributed by atoms with E-state index >= 15 is 0 Å². The van der Waals surface area contributed by atoms with Crippen LogP contribution in [0.5, 0.6) is 0 Å². The molecular formula is C26H23N5O3. The van der Waals surface area contributed by atoms with Crippen molar-refractivity contribution in [1.82, 2.24) is 4.90 Å². The first-order chi connectivity index (χ1) is 16.7. The van der Waals surface area contributed by atoms with E-state index in [-0.39, 0.29) is 18.2 Å². The number of fused-ring (bicyclic) bond motifs is 1. The molecule has 0 saturated carbocycles. The number of carbonyl (C=O) groups excluding carboxylic acids is 1. The summed E-state index contributed by atoms with van der Waals surface area (Å²) >= 11 is 0. The SMILES string of the molecule is N=C(/C(=C\Nc1ccccc1)C1OCC(=O)N1CCc1ccc2c(c1)N2N=O)c1ccccc1. The first-order valence-electron chi connectivity index (χ1n) is 11.0. The highest BCUT2D eigenvalue weighted by atomic mass is 16.5. The maximum atomic E-state index is 12.7. The molecule has 8 heteroatoms. The predicted molar refractivity (Wildman–Crippen MR) is 131 cm³/mol. The summed E-state index contributed by atoms with van der Waals surface area (Å²) in [7, 11) is 0. The molecule has 1 saturated heterocycles. The van der Waals surface area contributed by atoms with Crippen molar-refractivity contribution in [3.8, 4) is 0 Å². The number of hydrogen-bond acceptors (Lipinski definition) is 6. The molecule has 0 spiro atoms. The Bertz CT molecular complexity index is 1260. The van der Waals surface area contributed by atoms with Crippen LogP contribution in [0.25, 0.3) is 0 Å². The van der Waals surface area contributed by atoms with Gasteiger partial charge in [0.15, 0.2) is 6.23 Å². The van der Waals surface area contributed by atoms with Crippen molar-refractivity contribution in [2.24, 2.45) is 5.29 Å². The van der Waals surface area contributed by atoms with Gasteiger partial charge in [-0.15, -0.1) is 4.91 Å². The van der Waals surface area contributed by atoms with E-state index in [1.807, 2.05) is 78.9 Å². The number of benzene rings is 3. The number of para-hydroxylation sites is 1. The summed E-state index contributed by atoms with van der Waals surface area (Å²) in [5.74, 6) is -0.126. The van der Waals surface area contributed by atoms with E-state index in [1.165, 1.54) is 5.01 Å². The zero-order valence-electron chi connectivity index (χ0n) is 18.3. The molecule has 170 valence electrons. The molecule has 2 heterocycles. The average Bonchev–Trinajstić information content (AvgIpc) is 3.48. The van der Waals surface area contributed by atoms with Gasteiger partial charge in [0.1, 0.15) is 6.61 Å². The number of ether oxygens (including phenoxy) is 1. The normalized spacial score (nSPS) is 16.9. The molecule has 1 fully saturated rings. The number of amides is 1. The number of nitrogens with one attached hydrogen (secondary N) is 2. The van der Waals surface area contributed by atoms with E-state index in [9.17, 15) is 9.70 Å². The van der Waals surface area contributed by atoms with Crippen LogP contribution >= 0.6 is 0 Å². The minimum atomic E-state index is -0.687. The first kappa shape index (κ1) is 21.5. The van der Waals surface area contributed by atoms with Crippen LogP contribution in [-0.4, -0.2) is 35.9 Å². The Morgan fingerprint density at radius 3 is 2.53 bits per heavy atom. The van der Waals surface area contributed by atoms with Gasteiger partial charge >= 0.3 is 0 Å². The van der Waals surface area contributed by atoms with Crippen molar-refractivity contribution in [2.75, 3.05) is 23.5 Å². The molecule has 0 radical (unpaired) electrons. The van der Waals surface area contributed by atoms with Crippen LogP contribution in [0.1, 0.15) is 11.1 Å². The van der Waals surface area contributed by atoms with Crippen LogP contribution < -0.4 is 10.3 Å². The molecule has 2 N–H and O–H groups in total. The van der Waals surface area contributed by atoms with Gasteiger partial charge in [0.2, 0.25) is 0 Å². The van der Waals surface area contributed by atoms with Crippen molar-refractivity contribution in [2.45, 2.75) is 12.6 Å². The Morgan fingerprint density at radius 1 is 1.06 bits per heavy atom. The molecule has 1 amide bonds. The largest absolute Gasteiger partial charge is 0.361 e. The van der Waals surface area contributed by atoms with Gasteiger partial charge in [-0.3, -0.25) is 10.2 Å². The Hall–Kier alpha value is -4.30. The van der Waals surface area contributed by atoms with Gasteiger partial charge in [0.05, 0.1) is 22.4 Å². The first-order valence-corrected chi connectivity index (χ1v) is 11.0. The maximum absolute atomic E-state index is 12.7. The second-order valence-corrected chi connectivity index (χ2v) is 8.07. The van der Waals surface area contributed by atoms with Crippen LogP contribution in [0.2, 0.25) is 0 Å². The molecule has 2 aliphatic heterocycles. The van der Waals surface area contributed by atoms with Gasteiger partial charge in [-0.2, -0.15) is 5.01 Å². The van der Waals surface area contributed by atoms with Crippen LogP contribution in [0, 0.1) is 10.3 Å². The Morgan fingerprint density at radius 2 is 1.79 bits per heavy atom. The lowest BCUT2D eigenvalue weighted by Gasteiger charge is -2.26. The lowest BCUT2D eigenvalue weighted by atomic mass is 10.0. The number of nitrogens with zero attached hydrogens (tertiary/aromatic N) is 3. The van der Waals surface area contributed by atoms with Crippen molar-refractivity contribution >= 4 is 28.7 Å². The monoisotopic (exact) mass is 453 g/mol.